The van der Waals surface area contributed by atoms with Crippen LogP contribution >= 0.6 is 0 Å². The van der Waals surface area contributed by atoms with Crippen molar-refractivity contribution in [2.24, 2.45) is 11.7 Å². The summed E-state index contributed by atoms with van der Waals surface area (Å²) in [6.07, 6.45) is 3.29. The molecule has 2 atom stereocenters. The van der Waals surface area contributed by atoms with Crippen LogP contribution in [0.4, 0.5) is 0 Å². The molecular weight excluding hydrogens is 238 g/mol. The van der Waals surface area contributed by atoms with Crippen LogP contribution in [0.2, 0.25) is 0 Å². The Kier molecular flexibility index (Phi) is 4.59. The van der Waals surface area contributed by atoms with Crippen molar-refractivity contribution in [3.8, 4) is 0 Å². The minimum Gasteiger partial charge on any atom is -0.466 e. The SMILES string of the molecule is CCOC(=O)C(C)c1ccc2c(c1)CCC(CN)C2. The zero-order chi connectivity index (χ0) is 13.8. The summed E-state index contributed by atoms with van der Waals surface area (Å²) in [6.45, 7) is 4.95. The van der Waals surface area contributed by atoms with Crippen molar-refractivity contribution in [2.75, 3.05) is 13.2 Å². The molecule has 19 heavy (non-hydrogen) atoms. The molecule has 1 aromatic rings. The number of carbonyl (C=O) groups is 1. The van der Waals surface area contributed by atoms with Gasteiger partial charge in [-0.3, -0.25) is 4.79 Å². The summed E-state index contributed by atoms with van der Waals surface area (Å²) in [7, 11) is 0. The lowest BCUT2D eigenvalue weighted by molar-refractivity contribution is -0.144. The molecule has 0 aromatic heterocycles. The van der Waals surface area contributed by atoms with E-state index in [0.29, 0.717) is 12.5 Å². The number of benzene rings is 1. The average molecular weight is 261 g/mol. The summed E-state index contributed by atoms with van der Waals surface area (Å²) in [6, 6.07) is 6.38. The largest absolute Gasteiger partial charge is 0.466 e. The van der Waals surface area contributed by atoms with Crippen LogP contribution in [-0.4, -0.2) is 19.1 Å². The van der Waals surface area contributed by atoms with Crippen LogP contribution in [0.1, 0.15) is 42.9 Å². The molecule has 0 bridgehead atoms. The van der Waals surface area contributed by atoms with E-state index in [2.05, 4.69) is 18.2 Å². The summed E-state index contributed by atoms with van der Waals surface area (Å²) < 4.78 is 5.08. The average Bonchev–Trinajstić information content (AvgIpc) is 2.45. The Morgan fingerprint density at radius 2 is 2.26 bits per heavy atom. The maximum Gasteiger partial charge on any atom is 0.313 e. The monoisotopic (exact) mass is 261 g/mol. The van der Waals surface area contributed by atoms with E-state index in [1.807, 2.05) is 13.8 Å². The number of fused-ring (bicyclic) bond motifs is 1. The summed E-state index contributed by atoms with van der Waals surface area (Å²) in [5.41, 5.74) is 9.57. The van der Waals surface area contributed by atoms with Gasteiger partial charge in [-0.05, 0) is 62.3 Å². The lowest BCUT2D eigenvalue weighted by atomic mass is 9.82. The summed E-state index contributed by atoms with van der Waals surface area (Å²) in [5.74, 6) is 0.288. The number of nitrogens with two attached hydrogens (primary N) is 1. The highest BCUT2D eigenvalue weighted by atomic mass is 16.5. The highest BCUT2D eigenvalue weighted by Crippen LogP contribution is 2.28. The van der Waals surface area contributed by atoms with Crippen molar-refractivity contribution in [3.05, 3.63) is 34.9 Å². The second-order valence-electron chi connectivity index (χ2n) is 5.35. The molecule has 0 aliphatic heterocycles. The third-order valence-corrected chi connectivity index (χ3v) is 4.03. The standard InChI is InChI=1S/C16H23NO2/c1-3-19-16(18)11(2)13-6-7-14-8-12(10-17)4-5-15(14)9-13/h6-7,9,11-12H,3-5,8,10,17H2,1-2H3. The number of hydrogen-bond donors (Lipinski definition) is 1. The van der Waals surface area contributed by atoms with Crippen LogP contribution < -0.4 is 5.73 Å². The van der Waals surface area contributed by atoms with Gasteiger partial charge < -0.3 is 10.5 Å². The van der Waals surface area contributed by atoms with Gasteiger partial charge in [-0.1, -0.05) is 18.2 Å². The van der Waals surface area contributed by atoms with Crippen molar-refractivity contribution in [1.29, 1.82) is 0 Å². The lowest BCUT2D eigenvalue weighted by Crippen LogP contribution is -2.22. The van der Waals surface area contributed by atoms with E-state index in [-0.39, 0.29) is 11.9 Å². The maximum atomic E-state index is 11.8. The third kappa shape index (κ3) is 3.16. The molecule has 0 heterocycles. The molecule has 3 nitrogen and oxygen atoms in total. The Balaban J connectivity index is 2.15. The fraction of sp³-hybridized carbons (Fsp3) is 0.562. The van der Waals surface area contributed by atoms with Gasteiger partial charge in [-0.15, -0.1) is 0 Å². The van der Waals surface area contributed by atoms with Crippen LogP contribution in [0.25, 0.3) is 0 Å². The van der Waals surface area contributed by atoms with Gasteiger partial charge in [0.2, 0.25) is 0 Å². The quantitative estimate of drug-likeness (QED) is 0.847. The first-order valence-electron chi connectivity index (χ1n) is 7.14. The predicted octanol–water partition coefficient (Wildman–Crippen LogP) is 2.42. The van der Waals surface area contributed by atoms with E-state index in [1.165, 1.54) is 11.1 Å². The van der Waals surface area contributed by atoms with Gasteiger partial charge in [0.05, 0.1) is 12.5 Å². The van der Waals surface area contributed by atoms with Crippen molar-refractivity contribution < 1.29 is 9.53 Å². The van der Waals surface area contributed by atoms with Gasteiger partial charge in [0, 0.05) is 0 Å². The Bertz CT molecular complexity index is 456. The van der Waals surface area contributed by atoms with Gasteiger partial charge >= 0.3 is 5.97 Å². The molecule has 3 heteroatoms. The first kappa shape index (κ1) is 14.1. The molecule has 0 saturated carbocycles. The molecule has 1 aliphatic rings. The molecule has 0 radical (unpaired) electrons. The topological polar surface area (TPSA) is 52.3 Å². The number of aryl methyl sites for hydroxylation is 1. The van der Waals surface area contributed by atoms with Crippen molar-refractivity contribution in [2.45, 2.75) is 39.0 Å². The molecule has 1 aromatic carbocycles. The van der Waals surface area contributed by atoms with Crippen LogP contribution in [0.3, 0.4) is 0 Å². The molecule has 104 valence electrons. The first-order chi connectivity index (χ1) is 9.15. The van der Waals surface area contributed by atoms with Crippen LogP contribution in [0, 0.1) is 5.92 Å². The zero-order valence-electron chi connectivity index (χ0n) is 11.8. The smallest absolute Gasteiger partial charge is 0.313 e. The Hall–Kier alpha value is -1.35. The first-order valence-corrected chi connectivity index (χ1v) is 7.14. The van der Waals surface area contributed by atoms with Gasteiger partial charge in [0.1, 0.15) is 0 Å². The van der Waals surface area contributed by atoms with Crippen LogP contribution in [0.15, 0.2) is 18.2 Å². The summed E-state index contributed by atoms with van der Waals surface area (Å²) in [5, 5.41) is 0. The molecule has 1 aliphatic carbocycles. The molecular formula is C16H23NO2. The highest BCUT2D eigenvalue weighted by Gasteiger charge is 2.21. The normalized spacial score (nSPS) is 19.6. The van der Waals surface area contributed by atoms with Gasteiger partial charge in [-0.25, -0.2) is 0 Å². The van der Waals surface area contributed by atoms with Crippen LogP contribution in [-0.2, 0) is 22.4 Å². The Morgan fingerprint density at radius 1 is 1.47 bits per heavy atom. The van der Waals surface area contributed by atoms with E-state index in [9.17, 15) is 4.79 Å². The van der Waals surface area contributed by atoms with Gasteiger partial charge in [-0.2, -0.15) is 0 Å². The molecule has 2 unspecified atom stereocenters. The Morgan fingerprint density at radius 3 is 2.95 bits per heavy atom. The number of carbonyl (C=O) groups excluding carboxylic acids is 1. The summed E-state index contributed by atoms with van der Waals surface area (Å²) in [4.78, 5) is 11.8. The molecule has 2 N–H and O–H groups in total. The molecule has 0 amide bonds. The molecule has 0 fully saturated rings. The van der Waals surface area contributed by atoms with Crippen molar-refractivity contribution >= 4 is 5.97 Å². The Labute approximate surface area is 115 Å². The van der Waals surface area contributed by atoms with E-state index < -0.39 is 0 Å². The molecule has 0 spiro atoms. The van der Waals surface area contributed by atoms with Crippen molar-refractivity contribution in [3.63, 3.8) is 0 Å². The predicted molar refractivity (Wildman–Crippen MR) is 76.1 cm³/mol. The molecule has 2 rings (SSSR count). The van der Waals surface area contributed by atoms with E-state index in [1.54, 1.807) is 0 Å². The molecule has 0 saturated heterocycles. The maximum absolute atomic E-state index is 11.8. The number of ether oxygens (including phenoxy) is 1. The zero-order valence-corrected chi connectivity index (χ0v) is 11.8. The number of esters is 1. The lowest BCUT2D eigenvalue weighted by Gasteiger charge is -2.24. The second kappa shape index (κ2) is 6.20. The van der Waals surface area contributed by atoms with Gasteiger partial charge in [0.15, 0.2) is 0 Å². The van der Waals surface area contributed by atoms with E-state index in [0.717, 1.165) is 31.4 Å². The summed E-state index contributed by atoms with van der Waals surface area (Å²) >= 11 is 0. The van der Waals surface area contributed by atoms with Crippen LogP contribution in [0.5, 0.6) is 0 Å². The van der Waals surface area contributed by atoms with Crippen molar-refractivity contribution in [1.82, 2.24) is 0 Å². The number of hydrogen-bond acceptors (Lipinski definition) is 3. The highest BCUT2D eigenvalue weighted by molar-refractivity contribution is 5.77. The van der Waals surface area contributed by atoms with E-state index in [4.69, 9.17) is 10.5 Å². The fourth-order valence-corrected chi connectivity index (χ4v) is 2.72. The minimum atomic E-state index is -0.183. The third-order valence-electron chi connectivity index (χ3n) is 4.03. The van der Waals surface area contributed by atoms with Gasteiger partial charge in [0.25, 0.3) is 0 Å². The van der Waals surface area contributed by atoms with E-state index >= 15 is 0 Å². The second-order valence-corrected chi connectivity index (χ2v) is 5.35. The fourth-order valence-electron chi connectivity index (χ4n) is 2.72. The number of rotatable bonds is 4. The minimum absolute atomic E-state index is 0.141.